The molecule has 0 fully saturated rings. The van der Waals surface area contributed by atoms with E-state index in [1.54, 1.807) is 24.3 Å². The lowest BCUT2D eigenvalue weighted by Gasteiger charge is -2.04. The van der Waals surface area contributed by atoms with E-state index in [4.69, 9.17) is 10.00 Å². The minimum absolute atomic E-state index is 0.0278. The number of allylic oxidation sites excluding steroid dienone is 2. The van der Waals surface area contributed by atoms with Gasteiger partial charge in [-0.15, -0.1) is 0 Å². The van der Waals surface area contributed by atoms with Crippen LogP contribution in [0.15, 0.2) is 66.3 Å². The SMILES string of the molecule is COc1cc(C=CC=C(C#N)C(=O)NCCc2ccccc2)ccc1O. The molecular weight excluding hydrogens is 328 g/mol. The van der Waals surface area contributed by atoms with Gasteiger partial charge in [0.15, 0.2) is 11.5 Å². The van der Waals surface area contributed by atoms with Crippen molar-refractivity contribution in [3.8, 4) is 17.6 Å². The van der Waals surface area contributed by atoms with Crippen molar-refractivity contribution in [2.24, 2.45) is 0 Å². The molecule has 0 aliphatic rings. The third-order valence-electron chi connectivity index (χ3n) is 3.66. The van der Waals surface area contributed by atoms with Crippen LogP contribution in [0.4, 0.5) is 0 Å². The van der Waals surface area contributed by atoms with Crippen LogP contribution in [0.25, 0.3) is 6.08 Å². The molecule has 0 aliphatic heterocycles. The van der Waals surface area contributed by atoms with Crippen molar-refractivity contribution >= 4 is 12.0 Å². The van der Waals surface area contributed by atoms with Crippen molar-refractivity contribution in [2.75, 3.05) is 13.7 Å². The molecule has 0 bridgehead atoms. The summed E-state index contributed by atoms with van der Waals surface area (Å²) in [5.41, 5.74) is 1.93. The number of phenolic OH excluding ortho intramolecular Hbond substituents is 1. The highest BCUT2D eigenvalue weighted by Gasteiger charge is 2.07. The van der Waals surface area contributed by atoms with Crippen LogP contribution in [0.1, 0.15) is 11.1 Å². The van der Waals surface area contributed by atoms with Crippen LogP contribution in [0, 0.1) is 11.3 Å². The molecule has 0 spiro atoms. The maximum Gasteiger partial charge on any atom is 0.261 e. The highest BCUT2D eigenvalue weighted by molar-refractivity contribution is 5.97. The highest BCUT2D eigenvalue weighted by atomic mass is 16.5. The van der Waals surface area contributed by atoms with Crippen LogP contribution in [-0.2, 0) is 11.2 Å². The Balaban J connectivity index is 1.94. The van der Waals surface area contributed by atoms with Crippen molar-refractivity contribution in [3.63, 3.8) is 0 Å². The average Bonchev–Trinajstić information content (AvgIpc) is 2.67. The first-order valence-corrected chi connectivity index (χ1v) is 8.11. The zero-order valence-corrected chi connectivity index (χ0v) is 14.5. The minimum Gasteiger partial charge on any atom is -0.504 e. The average molecular weight is 348 g/mol. The fourth-order valence-electron chi connectivity index (χ4n) is 2.28. The molecule has 0 saturated carbocycles. The summed E-state index contributed by atoms with van der Waals surface area (Å²) < 4.78 is 5.04. The van der Waals surface area contributed by atoms with E-state index in [-0.39, 0.29) is 11.3 Å². The van der Waals surface area contributed by atoms with Gasteiger partial charge in [0.05, 0.1) is 7.11 Å². The molecule has 0 heterocycles. The monoisotopic (exact) mass is 348 g/mol. The van der Waals surface area contributed by atoms with Gasteiger partial charge in [-0.3, -0.25) is 4.79 Å². The van der Waals surface area contributed by atoms with Gasteiger partial charge in [0, 0.05) is 6.54 Å². The highest BCUT2D eigenvalue weighted by Crippen LogP contribution is 2.26. The van der Waals surface area contributed by atoms with Crippen molar-refractivity contribution in [3.05, 3.63) is 77.4 Å². The topological polar surface area (TPSA) is 82.3 Å². The number of hydrogen-bond acceptors (Lipinski definition) is 4. The molecule has 132 valence electrons. The Morgan fingerprint density at radius 1 is 1.27 bits per heavy atom. The van der Waals surface area contributed by atoms with E-state index in [1.165, 1.54) is 19.3 Å². The molecule has 0 saturated heterocycles. The zero-order valence-electron chi connectivity index (χ0n) is 14.5. The summed E-state index contributed by atoms with van der Waals surface area (Å²) in [4.78, 5) is 12.1. The molecule has 5 heteroatoms. The Labute approximate surface area is 152 Å². The summed E-state index contributed by atoms with van der Waals surface area (Å²) in [6.07, 6.45) is 5.49. The number of phenols is 1. The van der Waals surface area contributed by atoms with E-state index >= 15 is 0 Å². The van der Waals surface area contributed by atoms with Gasteiger partial charge in [0.1, 0.15) is 11.6 Å². The molecule has 0 radical (unpaired) electrons. The van der Waals surface area contributed by atoms with E-state index < -0.39 is 5.91 Å². The third kappa shape index (κ3) is 5.53. The van der Waals surface area contributed by atoms with Crippen LogP contribution < -0.4 is 10.1 Å². The fraction of sp³-hybridized carbons (Fsp3) is 0.143. The number of aromatic hydroxyl groups is 1. The van der Waals surface area contributed by atoms with Crippen LogP contribution in [0.5, 0.6) is 11.5 Å². The molecule has 1 amide bonds. The summed E-state index contributed by atoms with van der Waals surface area (Å²) in [7, 11) is 1.47. The maximum absolute atomic E-state index is 12.1. The molecule has 2 aromatic carbocycles. The number of nitrogens with zero attached hydrogens (tertiary/aromatic N) is 1. The Hall–Kier alpha value is -3.52. The molecule has 0 atom stereocenters. The number of ether oxygens (including phenoxy) is 1. The first kappa shape index (κ1) is 18.8. The van der Waals surface area contributed by atoms with Crippen LogP contribution >= 0.6 is 0 Å². The smallest absolute Gasteiger partial charge is 0.261 e. The van der Waals surface area contributed by atoms with E-state index in [0.717, 1.165) is 11.1 Å². The maximum atomic E-state index is 12.1. The largest absolute Gasteiger partial charge is 0.504 e. The summed E-state index contributed by atoms with van der Waals surface area (Å²) in [6, 6.07) is 16.6. The van der Waals surface area contributed by atoms with Crippen LogP contribution in [-0.4, -0.2) is 24.7 Å². The van der Waals surface area contributed by atoms with Crippen LogP contribution in [0.2, 0.25) is 0 Å². The summed E-state index contributed by atoms with van der Waals surface area (Å²) in [5.74, 6) is 0.00218. The van der Waals surface area contributed by atoms with Gasteiger partial charge >= 0.3 is 0 Å². The Morgan fingerprint density at radius 2 is 2.04 bits per heavy atom. The summed E-state index contributed by atoms with van der Waals surface area (Å²) in [6.45, 7) is 0.459. The van der Waals surface area contributed by atoms with Crippen molar-refractivity contribution in [1.82, 2.24) is 5.32 Å². The number of hydrogen-bond donors (Lipinski definition) is 2. The van der Waals surface area contributed by atoms with Crippen molar-refractivity contribution in [1.29, 1.82) is 5.26 Å². The second-order valence-corrected chi connectivity index (χ2v) is 5.47. The zero-order chi connectivity index (χ0) is 18.8. The third-order valence-corrected chi connectivity index (χ3v) is 3.66. The lowest BCUT2D eigenvalue weighted by Crippen LogP contribution is -2.26. The molecule has 0 aromatic heterocycles. The summed E-state index contributed by atoms with van der Waals surface area (Å²) in [5, 5.41) is 21.5. The predicted octanol–water partition coefficient (Wildman–Crippen LogP) is 3.22. The normalized spacial score (nSPS) is 11.2. The van der Waals surface area contributed by atoms with Gasteiger partial charge in [0.2, 0.25) is 0 Å². The number of carbonyl (C=O) groups excluding carboxylic acids is 1. The quantitative estimate of drug-likeness (QED) is 0.457. The molecule has 26 heavy (non-hydrogen) atoms. The van der Waals surface area contributed by atoms with Crippen molar-refractivity contribution in [2.45, 2.75) is 6.42 Å². The Bertz CT molecular complexity index is 849. The molecular formula is C21H20N2O3. The molecule has 2 rings (SSSR count). The standard InChI is InChI=1S/C21H20N2O3/c1-26-20-14-17(10-11-19(20)24)8-5-9-18(15-22)21(25)23-13-12-16-6-3-2-4-7-16/h2-11,14,24H,12-13H2,1H3,(H,23,25). The molecule has 0 unspecified atom stereocenters. The number of rotatable bonds is 7. The predicted molar refractivity (Wildman–Crippen MR) is 101 cm³/mol. The lowest BCUT2D eigenvalue weighted by molar-refractivity contribution is -0.117. The number of carbonyl (C=O) groups is 1. The van der Waals surface area contributed by atoms with E-state index in [9.17, 15) is 9.90 Å². The van der Waals surface area contributed by atoms with Gasteiger partial charge in [-0.2, -0.15) is 5.26 Å². The second-order valence-electron chi connectivity index (χ2n) is 5.47. The molecule has 0 aliphatic carbocycles. The number of methoxy groups -OCH3 is 1. The number of amides is 1. The van der Waals surface area contributed by atoms with E-state index in [2.05, 4.69) is 5.32 Å². The van der Waals surface area contributed by atoms with Gasteiger partial charge < -0.3 is 15.2 Å². The van der Waals surface area contributed by atoms with Gasteiger partial charge in [0.25, 0.3) is 5.91 Å². The van der Waals surface area contributed by atoms with Crippen LogP contribution in [0.3, 0.4) is 0 Å². The van der Waals surface area contributed by atoms with Gasteiger partial charge in [-0.1, -0.05) is 48.6 Å². The minimum atomic E-state index is -0.406. The number of nitriles is 1. The van der Waals surface area contributed by atoms with Gasteiger partial charge in [-0.05, 0) is 35.8 Å². The van der Waals surface area contributed by atoms with E-state index in [0.29, 0.717) is 18.7 Å². The summed E-state index contributed by atoms with van der Waals surface area (Å²) >= 11 is 0. The Morgan fingerprint density at radius 3 is 2.73 bits per heavy atom. The molecule has 5 nitrogen and oxygen atoms in total. The molecule has 2 aromatic rings. The van der Waals surface area contributed by atoms with Gasteiger partial charge in [-0.25, -0.2) is 0 Å². The lowest BCUT2D eigenvalue weighted by atomic mass is 10.1. The fourth-order valence-corrected chi connectivity index (χ4v) is 2.28. The van der Waals surface area contributed by atoms with E-state index in [1.807, 2.05) is 36.4 Å². The van der Waals surface area contributed by atoms with Crippen molar-refractivity contribution < 1.29 is 14.6 Å². The number of benzene rings is 2. The molecule has 2 N–H and O–H groups in total. The number of nitrogens with one attached hydrogen (secondary N) is 1. The second kappa shape index (κ2) is 9.70. The Kier molecular flexibility index (Phi) is 7.02. The first-order chi connectivity index (χ1) is 12.6. The first-order valence-electron chi connectivity index (χ1n) is 8.11.